The second kappa shape index (κ2) is 7.89. The van der Waals surface area contributed by atoms with Gasteiger partial charge in [-0.15, -0.1) is 0 Å². The summed E-state index contributed by atoms with van der Waals surface area (Å²) >= 11 is 3.41. The van der Waals surface area contributed by atoms with Crippen LogP contribution in [0, 0.1) is 0 Å². The Labute approximate surface area is 159 Å². The van der Waals surface area contributed by atoms with E-state index in [2.05, 4.69) is 28.1 Å². The Morgan fingerprint density at radius 1 is 1.04 bits per heavy atom. The van der Waals surface area contributed by atoms with E-state index < -0.39 is 13.8 Å². The smallest absolute Gasteiger partial charge is 0.324 e. The normalized spacial score (nSPS) is 11.8. The van der Waals surface area contributed by atoms with Crippen LogP contribution in [0.25, 0.3) is 10.9 Å². The second-order valence-electron chi connectivity index (χ2n) is 6.23. The maximum absolute atomic E-state index is 12.6. The van der Waals surface area contributed by atoms with Crippen LogP contribution < -0.4 is 5.56 Å². The molecular weight excluding hydrogens is 417 g/mol. The van der Waals surface area contributed by atoms with Crippen LogP contribution in [-0.2, 0) is 23.7 Å². The Hall–Kier alpha value is -1.72. The number of hydrogen-bond donors (Lipinski definition) is 2. The van der Waals surface area contributed by atoms with E-state index in [1.165, 1.54) is 11.6 Å². The topological polar surface area (TPSA) is 79.5 Å². The number of aromatic nitrogens is 1. The summed E-state index contributed by atoms with van der Waals surface area (Å²) in [6, 6.07) is 16.8. The third kappa shape index (κ3) is 4.71. The van der Waals surface area contributed by atoms with E-state index in [1.54, 1.807) is 10.6 Å². The van der Waals surface area contributed by atoms with E-state index in [0.29, 0.717) is 23.0 Å². The van der Waals surface area contributed by atoms with Gasteiger partial charge in [-0.25, -0.2) is 0 Å². The molecule has 0 radical (unpaired) electrons. The minimum Gasteiger partial charge on any atom is -0.324 e. The van der Waals surface area contributed by atoms with Crippen molar-refractivity contribution in [1.29, 1.82) is 0 Å². The van der Waals surface area contributed by atoms with Gasteiger partial charge in [-0.3, -0.25) is 9.36 Å². The predicted octanol–water partition coefficient (Wildman–Crippen LogP) is 4.07. The van der Waals surface area contributed by atoms with Crippen molar-refractivity contribution in [2.24, 2.45) is 0 Å². The Kier molecular flexibility index (Phi) is 5.78. The number of fused-ring (bicyclic) bond motifs is 1. The quantitative estimate of drug-likeness (QED) is 0.571. The molecule has 0 unspecified atom stereocenters. The SMILES string of the molecule is O=c1cc(CP(=O)(O)O)c2ccc(Br)cc2n1CCCc1ccccc1. The van der Waals surface area contributed by atoms with Crippen LogP contribution in [0.4, 0.5) is 0 Å². The van der Waals surface area contributed by atoms with Crippen molar-refractivity contribution in [2.75, 3.05) is 0 Å². The molecule has 3 aromatic rings. The molecule has 136 valence electrons. The number of hydrogen-bond acceptors (Lipinski definition) is 2. The molecule has 7 heteroatoms. The Balaban J connectivity index is 1.96. The maximum atomic E-state index is 12.6. The molecule has 1 heterocycles. The lowest BCUT2D eigenvalue weighted by Gasteiger charge is -2.14. The Morgan fingerprint density at radius 3 is 2.46 bits per heavy atom. The van der Waals surface area contributed by atoms with Gasteiger partial charge in [0, 0.05) is 22.5 Å². The fourth-order valence-corrected chi connectivity index (χ4v) is 4.15. The summed E-state index contributed by atoms with van der Waals surface area (Å²) < 4.78 is 13.9. The Bertz CT molecular complexity index is 1030. The summed E-state index contributed by atoms with van der Waals surface area (Å²) in [7, 11) is -4.26. The van der Waals surface area contributed by atoms with Crippen molar-refractivity contribution in [2.45, 2.75) is 25.5 Å². The number of rotatable bonds is 6. The van der Waals surface area contributed by atoms with Crippen molar-refractivity contribution in [3.05, 3.63) is 80.6 Å². The van der Waals surface area contributed by atoms with E-state index in [1.807, 2.05) is 30.3 Å². The summed E-state index contributed by atoms with van der Waals surface area (Å²) in [5.41, 5.74) is 2.03. The molecule has 3 rings (SSSR count). The lowest BCUT2D eigenvalue weighted by Crippen LogP contribution is -2.21. The highest BCUT2D eigenvalue weighted by Crippen LogP contribution is 2.40. The first-order valence-electron chi connectivity index (χ1n) is 8.24. The van der Waals surface area contributed by atoms with Crippen LogP contribution in [0.1, 0.15) is 17.5 Å². The molecule has 5 nitrogen and oxygen atoms in total. The van der Waals surface area contributed by atoms with Crippen LogP contribution in [0.15, 0.2) is 63.9 Å². The zero-order chi connectivity index (χ0) is 18.7. The molecule has 26 heavy (non-hydrogen) atoms. The molecule has 0 aliphatic rings. The van der Waals surface area contributed by atoms with Crippen LogP contribution in [0.5, 0.6) is 0 Å². The zero-order valence-corrected chi connectivity index (χ0v) is 16.5. The predicted molar refractivity (Wildman–Crippen MR) is 106 cm³/mol. The monoisotopic (exact) mass is 435 g/mol. The minimum atomic E-state index is -4.26. The van der Waals surface area contributed by atoms with Gasteiger partial charge in [-0.2, -0.15) is 0 Å². The van der Waals surface area contributed by atoms with Crippen LogP contribution in [0.2, 0.25) is 0 Å². The Morgan fingerprint density at radius 2 is 1.77 bits per heavy atom. The summed E-state index contributed by atoms with van der Waals surface area (Å²) in [6.45, 7) is 0.539. The highest BCUT2D eigenvalue weighted by Gasteiger charge is 2.18. The lowest BCUT2D eigenvalue weighted by atomic mass is 10.1. The molecule has 0 bridgehead atoms. The molecule has 0 atom stereocenters. The van der Waals surface area contributed by atoms with Crippen LogP contribution >= 0.6 is 23.5 Å². The van der Waals surface area contributed by atoms with Gasteiger partial charge in [0.15, 0.2) is 0 Å². The summed E-state index contributed by atoms with van der Waals surface area (Å²) in [5.74, 6) is 0. The van der Waals surface area contributed by atoms with E-state index in [-0.39, 0.29) is 5.56 Å². The number of halogens is 1. The third-order valence-electron chi connectivity index (χ3n) is 4.23. The summed E-state index contributed by atoms with van der Waals surface area (Å²) in [6.07, 6.45) is 1.21. The number of aryl methyl sites for hydroxylation is 2. The van der Waals surface area contributed by atoms with Crippen LogP contribution in [0.3, 0.4) is 0 Å². The fourth-order valence-electron chi connectivity index (χ4n) is 3.09. The van der Waals surface area contributed by atoms with Gasteiger partial charge < -0.3 is 14.4 Å². The number of benzene rings is 2. The van der Waals surface area contributed by atoms with Crippen molar-refractivity contribution in [3.63, 3.8) is 0 Å². The molecule has 0 aliphatic carbocycles. The van der Waals surface area contributed by atoms with Crippen molar-refractivity contribution in [1.82, 2.24) is 4.57 Å². The van der Waals surface area contributed by atoms with Gasteiger partial charge in [0.2, 0.25) is 0 Å². The molecule has 1 aromatic heterocycles. The van der Waals surface area contributed by atoms with Crippen molar-refractivity contribution in [3.8, 4) is 0 Å². The van der Waals surface area contributed by atoms with Gasteiger partial charge in [-0.05, 0) is 36.1 Å². The third-order valence-corrected chi connectivity index (χ3v) is 5.47. The highest BCUT2D eigenvalue weighted by molar-refractivity contribution is 9.10. The maximum Gasteiger partial charge on any atom is 0.329 e. The summed E-state index contributed by atoms with van der Waals surface area (Å²) in [5, 5.41) is 0.691. The van der Waals surface area contributed by atoms with Crippen molar-refractivity contribution < 1.29 is 14.4 Å². The molecule has 0 spiro atoms. The van der Waals surface area contributed by atoms with Crippen LogP contribution in [-0.4, -0.2) is 14.4 Å². The van der Waals surface area contributed by atoms with E-state index in [0.717, 1.165) is 17.3 Å². The first-order chi connectivity index (χ1) is 12.3. The number of nitrogens with zero attached hydrogens (tertiary/aromatic N) is 1. The molecule has 0 aliphatic heterocycles. The molecule has 0 amide bonds. The van der Waals surface area contributed by atoms with Gasteiger partial charge >= 0.3 is 7.60 Å². The molecule has 0 saturated heterocycles. The van der Waals surface area contributed by atoms with Gasteiger partial charge in [0.1, 0.15) is 0 Å². The van der Waals surface area contributed by atoms with Gasteiger partial charge in [0.05, 0.1) is 11.7 Å². The molecule has 2 aromatic carbocycles. The highest BCUT2D eigenvalue weighted by atomic mass is 79.9. The van der Waals surface area contributed by atoms with E-state index >= 15 is 0 Å². The number of pyridine rings is 1. The molecule has 2 N–H and O–H groups in total. The lowest BCUT2D eigenvalue weighted by molar-refractivity contribution is 0.372. The first kappa shape index (κ1) is 19.1. The second-order valence-corrected chi connectivity index (χ2v) is 8.79. The molecular formula is C19H19BrNO4P. The van der Waals surface area contributed by atoms with Crippen molar-refractivity contribution >= 4 is 34.4 Å². The largest absolute Gasteiger partial charge is 0.329 e. The first-order valence-corrected chi connectivity index (χ1v) is 10.8. The molecule has 0 saturated carbocycles. The summed E-state index contributed by atoms with van der Waals surface area (Å²) in [4.78, 5) is 31.2. The average Bonchev–Trinajstić information content (AvgIpc) is 2.57. The average molecular weight is 436 g/mol. The standard InChI is InChI=1S/C19H19BrNO4P/c20-16-8-9-17-15(13-26(23,24)25)11-19(22)21(18(17)12-16)10-4-7-14-5-2-1-3-6-14/h1-3,5-6,8-9,11-12H,4,7,10,13H2,(H2,23,24,25). The molecule has 0 fully saturated rings. The van der Waals surface area contributed by atoms with E-state index in [4.69, 9.17) is 0 Å². The van der Waals surface area contributed by atoms with Gasteiger partial charge in [0.25, 0.3) is 5.56 Å². The van der Waals surface area contributed by atoms with Gasteiger partial charge in [-0.1, -0.05) is 52.3 Å². The fraction of sp³-hybridized carbons (Fsp3) is 0.211. The zero-order valence-electron chi connectivity index (χ0n) is 14.0. The minimum absolute atomic E-state index is 0.243. The van der Waals surface area contributed by atoms with E-state index in [9.17, 15) is 19.1 Å².